The van der Waals surface area contributed by atoms with Crippen molar-refractivity contribution in [2.45, 2.75) is 32.6 Å². The van der Waals surface area contributed by atoms with Gasteiger partial charge >= 0.3 is 11.8 Å². The van der Waals surface area contributed by atoms with Crippen molar-refractivity contribution in [1.82, 2.24) is 5.32 Å². The molecule has 0 aliphatic carbocycles. The van der Waals surface area contributed by atoms with Crippen LogP contribution in [0.3, 0.4) is 0 Å². The Balaban J connectivity index is 2.33. The maximum absolute atomic E-state index is 11.7. The molecular formula is C17H26N2O4. The summed E-state index contributed by atoms with van der Waals surface area (Å²) in [6, 6.07) is 6.98. The van der Waals surface area contributed by atoms with E-state index in [9.17, 15) is 9.59 Å². The highest BCUT2D eigenvalue weighted by molar-refractivity contribution is 6.39. The third kappa shape index (κ3) is 8.21. The fourth-order valence-corrected chi connectivity index (χ4v) is 1.86. The fourth-order valence-electron chi connectivity index (χ4n) is 1.86. The Bertz CT molecular complexity index is 474. The van der Waals surface area contributed by atoms with Gasteiger partial charge in [0.25, 0.3) is 0 Å². The third-order valence-corrected chi connectivity index (χ3v) is 3.15. The van der Waals surface area contributed by atoms with E-state index in [1.165, 1.54) is 0 Å². The van der Waals surface area contributed by atoms with Gasteiger partial charge in [0.2, 0.25) is 0 Å². The smallest absolute Gasteiger partial charge is 0.313 e. The lowest BCUT2D eigenvalue weighted by atomic mass is 10.2. The van der Waals surface area contributed by atoms with E-state index in [-0.39, 0.29) is 0 Å². The number of ether oxygens (including phenoxy) is 2. The zero-order valence-corrected chi connectivity index (χ0v) is 13.9. The van der Waals surface area contributed by atoms with Gasteiger partial charge in [-0.1, -0.05) is 19.8 Å². The first-order chi connectivity index (χ1) is 11.2. The summed E-state index contributed by atoms with van der Waals surface area (Å²) in [7, 11) is 1.59. The number of amides is 2. The van der Waals surface area contributed by atoms with Crippen LogP contribution in [-0.4, -0.2) is 38.7 Å². The average molecular weight is 322 g/mol. The van der Waals surface area contributed by atoms with Gasteiger partial charge in [-0.2, -0.15) is 0 Å². The molecule has 6 nitrogen and oxygen atoms in total. The van der Waals surface area contributed by atoms with E-state index in [0.29, 0.717) is 31.9 Å². The highest BCUT2D eigenvalue weighted by Gasteiger charge is 2.12. The highest BCUT2D eigenvalue weighted by atomic mass is 16.5. The number of rotatable bonds is 10. The number of nitrogens with one attached hydrogen (secondary N) is 2. The van der Waals surface area contributed by atoms with Gasteiger partial charge in [0.15, 0.2) is 0 Å². The number of carbonyl (C=O) groups excluding carboxylic acids is 2. The normalized spacial score (nSPS) is 10.2. The highest BCUT2D eigenvalue weighted by Crippen LogP contribution is 2.16. The average Bonchev–Trinajstić information content (AvgIpc) is 2.57. The zero-order valence-electron chi connectivity index (χ0n) is 13.9. The Morgan fingerprint density at radius 1 is 1.00 bits per heavy atom. The summed E-state index contributed by atoms with van der Waals surface area (Å²) < 4.78 is 10.5. The number of unbranched alkanes of at least 4 members (excludes halogenated alkanes) is 2. The lowest BCUT2D eigenvalue weighted by Crippen LogP contribution is -2.36. The van der Waals surface area contributed by atoms with Gasteiger partial charge in [0, 0.05) is 25.9 Å². The molecule has 0 aliphatic heterocycles. The zero-order chi connectivity index (χ0) is 16.9. The van der Waals surface area contributed by atoms with Crippen molar-refractivity contribution < 1.29 is 19.1 Å². The van der Waals surface area contributed by atoms with E-state index in [2.05, 4.69) is 17.6 Å². The van der Waals surface area contributed by atoms with E-state index >= 15 is 0 Å². The predicted molar refractivity (Wildman–Crippen MR) is 89.6 cm³/mol. The Hall–Kier alpha value is -2.08. The summed E-state index contributed by atoms with van der Waals surface area (Å²) in [4.78, 5) is 23.3. The summed E-state index contributed by atoms with van der Waals surface area (Å²) in [5.41, 5.74) is 0.558. The number of hydrogen-bond donors (Lipinski definition) is 2. The van der Waals surface area contributed by atoms with Crippen LogP contribution in [0.5, 0.6) is 5.75 Å². The van der Waals surface area contributed by atoms with Crippen molar-refractivity contribution in [3.05, 3.63) is 24.3 Å². The second kappa shape index (κ2) is 11.5. The molecule has 0 atom stereocenters. The van der Waals surface area contributed by atoms with E-state index in [0.717, 1.165) is 25.0 Å². The molecule has 1 aromatic rings. The van der Waals surface area contributed by atoms with Crippen molar-refractivity contribution >= 4 is 17.5 Å². The van der Waals surface area contributed by atoms with Gasteiger partial charge in [0.05, 0.1) is 6.61 Å². The standard InChI is InChI=1S/C17H26N2O4/c1-3-4-5-13-23-15-9-7-14(8-10-15)19-17(21)16(20)18-11-6-12-22-2/h7-10H,3-6,11-13H2,1-2H3,(H,18,20)(H,19,21). The first-order valence-corrected chi connectivity index (χ1v) is 7.98. The van der Waals surface area contributed by atoms with Gasteiger partial charge in [0.1, 0.15) is 5.75 Å². The quantitative estimate of drug-likeness (QED) is 0.512. The molecule has 0 aliphatic rings. The maximum Gasteiger partial charge on any atom is 0.313 e. The van der Waals surface area contributed by atoms with Gasteiger partial charge in [-0.15, -0.1) is 0 Å². The van der Waals surface area contributed by atoms with Crippen molar-refractivity contribution in [2.24, 2.45) is 0 Å². The molecule has 1 aromatic carbocycles. The van der Waals surface area contributed by atoms with Crippen LogP contribution in [0.1, 0.15) is 32.6 Å². The Kier molecular flexibility index (Phi) is 9.47. The Labute approximate surface area is 137 Å². The number of hydrogen-bond acceptors (Lipinski definition) is 4. The number of anilines is 1. The number of methoxy groups -OCH3 is 1. The molecule has 0 saturated heterocycles. The van der Waals surface area contributed by atoms with Crippen molar-refractivity contribution in [1.29, 1.82) is 0 Å². The second-order valence-corrected chi connectivity index (χ2v) is 5.14. The molecule has 1 rings (SSSR count). The first kappa shape index (κ1) is 19.0. The maximum atomic E-state index is 11.7. The van der Waals surface area contributed by atoms with E-state index in [1.807, 2.05) is 0 Å². The number of carbonyl (C=O) groups is 2. The van der Waals surface area contributed by atoms with E-state index < -0.39 is 11.8 Å². The molecule has 128 valence electrons. The van der Waals surface area contributed by atoms with Crippen LogP contribution in [0.25, 0.3) is 0 Å². The molecule has 6 heteroatoms. The monoisotopic (exact) mass is 322 g/mol. The van der Waals surface area contributed by atoms with Crippen LogP contribution < -0.4 is 15.4 Å². The largest absolute Gasteiger partial charge is 0.494 e. The molecule has 0 saturated carbocycles. The summed E-state index contributed by atoms with van der Waals surface area (Å²) in [6.45, 7) is 3.78. The van der Waals surface area contributed by atoms with Crippen molar-refractivity contribution in [3.8, 4) is 5.75 Å². The fraction of sp³-hybridized carbons (Fsp3) is 0.529. The van der Waals surface area contributed by atoms with Gasteiger partial charge in [-0.05, 0) is 37.1 Å². The Morgan fingerprint density at radius 3 is 2.39 bits per heavy atom. The van der Waals surface area contributed by atoms with Crippen LogP contribution in [0.2, 0.25) is 0 Å². The molecule has 2 amide bonds. The van der Waals surface area contributed by atoms with E-state index in [4.69, 9.17) is 9.47 Å². The summed E-state index contributed by atoms with van der Waals surface area (Å²) >= 11 is 0. The van der Waals surface area contributed by atoms with Crippen molar-refractivity contribution in [2.75, 3.05) is 32.2 Å². The van der Waals surface area contributed by atoms with Gasteiger partial charge in [-0.3, -0.25) is 9.59 Å². The molecule has 0 fully saturated rings. The minimum Gasteiger partial charge on any atom is -0.494 e. The predicted octanol–water partition coefficient (Wildman–Crippen LogP) is 2.35. The topological polar surface area (TPSA) is 76.7 Å². The van der Waals surface area contributed by atoms with Crippen LogP contribution in [0, 0.1) is 0 Å². The van der Waals surface area contributed by atoms with Gasteiger partial charge in [-0.25, -0.2) is 0 Å². The summed E-state index contributed by atoms with van der Waals surface area (Å²) in [6.07, 6.45) is 3.99. The van der Waals surface area contributed by atoms with Crippen LogP contribution >= 0.6 is 0 Å². The van der Waals surface area contributed by atoms with E-state index in [1.54, 1.807) is 31.4 Å². The number of benzene rings is 1. The summed E-state index contributed by atoms with van der Waals surface area (Å²) in [5.74, 6) is -0.580. The first-order valence-electron chi connectivity index (χ1n) is 7.98. The SMILES string of the molecule is CCCCCOc1ccc(NC(=O)C(=O)NCCCOC)cc1. The minimum absolute atomic E-state index is 0.407. The minimum atomic E-state index is -0.681. The van der Waals surface area contributed by atoms with Crippen LogP contribution in [0.15, 0.2) is 24.3 Å². The van der Waals surface area contributed by atoms with Gasteiger partial charge < -0.3 is 20.1 Å². The molecular weight excluding hydrogens is 296 g/mol. The van der Waals surface area contributed by atoms with Crippen LogP contribution in [-0.2, 0) is 14.3 Å². The Morgan fingerprint density at radius 2 is 1.74 bits per heavy atom. The molecule has 0 unspecified atom stereocenters. The lowest BCUT2D eigenvalue weighted by molar-refractivity contribution is -0.136. The van der Waals surface area contributed by atoms with Crippen LogP contribution in [0.4, 0.5) is 5.69 Å². The summed E-state index contributed by atoms with van der Waals surface area (Å²) in [5, 5.41) is 5.08. The molecule has 23 heavy (non-hydrogen) atoms. The molecule has 0 aromatic heterocycles. The van der Waals surface area contributed by atoms with Crippen molar-refractivity contribution in [3.63, 3.8) is 0 Å². The second-order valence-electron chi connectivity index (χ2n) is 5.14. The molecule has 0 heterocycles. The molecule has 2 N–H and O–H groups in total. The third-order valence-electron chi connectivity index (χ3n) is 3.15. The lowest BCUT2D eigenvalue weighted by Gasteiger charge is -2.08. The molecule has 0 spiro atoms. The molecule has 0 radical (unpaired) electrons. The molecule has 0 bridgehead atoms.